The summed E-state index contributed by atoms with van der Waals surface area (Å²) in [7, 11) is -3.66. The molecule has 2 aliphatic rings. The number of nitrogens with one attached hydrogen (secondary N) is 1. The van der Waals surface area contributed by atoms with Gasteiger partial charge in [-0.05, 0) is 51.2 Å². The van der Waals surface area contributed by atoms with Crippen molar-refractivity contribution in [1.29, 1.82) is 0 Å². The van der Waals surface area contributed by atoms with E-state index in [1.54, 1.807) is 13.8 Å². The number of hydrogen-bond acceptors (Lipinski definition) is 6. The van der Waals surface area contributed by atoms with E-state index in [1.807, 2.05) is 12.1 Å². The molecule has 0 saturated carbocycles. The fourth-order valence-corrected chi connectivity index (χ4v) is 6.34. The van der Waals surface area contributed by atoms with Gasteiger partial charge >= 0.3 is 0 Å². The number of nitrogens with zero attached hydrogens (tertiary/aromatic N) is 3. The number of para-hydroxylation sites is 1. The molecule has 1 amide bonds. The van der Waals surface area contributed by atoms with Crippen LogP contribution in [0.2, 0.25) is 0 Å². The van der Waals surface area contributed by atoms with Gasteiger partial charge in [-0.25, -0.2) is 8.42 Å². The Hall–Kier alpha value is -2.39. The standard InChI is InChI=1S/C22H30N4O4S/c1-16-21(17(2)30-24-16)31(28,29)26-13-9-18(10-14-26)22(27)23-15-19-7-3-4-8-20(19)25-11-5-6-12-25/h3-4,7-8,18H,5-6,9-15H2,1-2H3,(H,23,27). The van der Waals surface area contributed by atoms with Crippen molar-refractivity contribution in [3.63, 3.8) is 0 Å². The summed E-state index contributed by atoms with van der Waals surface area (Å²) in [5, 5.41) is 6.83. The molecule has 1 N–H and O–H groups in total. The molecule has 8 nitrogen and oxygen atoms in total. The van der Waals surface area contributed by atoms with Crippen molar-refractivity contribution in [2.24, 2.45) is 5.92 Å². The van der Waals surface area contributed by atoms with Gasteiger partial charge in [-0.15, -0.1) is 0 Å². The number of carbonyl (C=O) groups excluding carboxylic acids is 1. The SMILES string of the molecule is Cc1noc(C)c1S(=O)(=O)N1CCC(C(=O)NCc2ccccc2N2CCCC2)CC1. The molecule has 3 heterocycles. The summed E-state index contributed by atoms with van der Waals surface area (Å²) in [4.78, 5) is 15.3. The van der Waals surface area contributed by atoms with Gasteiger partial charge in [-0.2, -0.15) is 4.31 Å². The first-order valence-electron chi connectivity index (χ1n) is 10.9. The Balaban J connectivity index is 1.34. The highest BCUT2D eigenvalue weighted by atomic mass is 32.2. The van der Waals surface area contributed by atoms with Crippen molar-refractivity contribution in [3.05, 3.63) is 41.3 Å². The van der Waals surface area contributed by atoms with E-state index in [4.69, 9.17) is 4.52 Å². The molecule has 4 rings (SSSR count). The Labute approximate surface area is 183 Å². The molecule has 2 saturated heterocycles. The van der Waals surface area contributed by atoms with Crippen LogP contribution in [0.1, 0.15) is 42.7 Å². The van der Waals surface area contributed by atoms with Crippen LogP contribution >= 0.6 is 0 Å². The minimum absolute atomic E-state index is 0.00869. The van der Waals surface area contributed by atoms with Crippen LogP contribution in [0.3, 0.4) is 0 Å². The highest BCUT2D eigenvalue weighted by molar-refractivity contribution is 7.89. The highest BCUT2D eigenvalue weighted by Gasteiger charge is 2.35. The maximum atomic E-state index is 13.0. The number of amides is 1. The monoisotopic (exact) mass is 446 g/mol. The summed E-state index contributed by atoms with van der Waals surface area (Å²) >= 11 is 0. The largest absolute Gasteiger partial charge is 0.371 e. The first kappa shape index (κ1) is 21.8. The number of aryl methyl sites for hydroxylation is 2. The van der Waals surface area contributed by atoms with Crippen LogP contribution in [0, 0.1) is 19.8 Å². The normalized spacial score (nSPS) is 18.5. The number of sulfonamides is 1. The topological polar surface area (TPSA) is 95.8 Å². The molecule has 0 spiro atoms. The molecule has 0 radical (unpaired) electrons. The lowest BCUT2D eigenvalue weighted by molar-refractivity contribution is -0.126. The summed E-state index contributed by atoms with van der Waals surface area (Å²) in [6, 6.07) is 8.21. The van der Waals surface area contributed by atoms with Crippen molar-refractivity contribution < 1.29 is 17.7 Å². The molecule has 168 valence electrons. The second-order valence-electron chi connectivity index (χ2n) is 8.37. The van der Waals surface area contributed by atoms with Crippen LogP contribution in [0.25, 0.3) is 0 Å². The van der Waals surface area contributed by atoms with Crippen molar-refractivity contribution in [1.82, 2.24) is 14.8 Å². The van der Waals surface area contributed by atoms with Crippen molar-refractivity contribution in [2.45, 2.75) is 51.0 Å². The Kier molecular flexibility index (Phi) is 6.34. The molecule has 0 unspecified atom stereocenters. The van der Waals surface area contributed by atoms with E-state index in [0.717, 1.165) is 18.7 Å². The highest BCUT2D eigenvalue weighted by Crippen LogP contribution is 2.28. The zero-order valence-electron chi connectivity index (χ0n) is 18.1. The zero-order chi connectivity index (χ0) is 22.0. The average molecular weight is 447 g/mol. The number of benzene rings is 1. The molecular formula is C22H30N4O4S. The lowest BCUT2D eigenvalue weighted by Gasteiger charge is -2.30. The van der Waals surface area contributed by atoms with E-state index in [0.29, 0.717) is 43.9 Å². The Bertz CT molecular complexity index is 1020. The molecule has 9 heteroatoms. The Morgan fingerprint density at radius 1 is 1.13 bits per heavy atom. The fourth-order valence-electron chi connectivity index (χ4n) is 4.58. The Morgan fingerprint density at radius 2 is 1.81 bits per heavy atom. The van der Waals surface area contributed by atoms with Crippen LogP contribution in [0.4, 0.5) is 5.69 Å². The van der Waals surface area contributed by atoms with E-state index in [-0.39, 0.29) is 16.7 Å². The molecule has 1 aromatic carbocycles. The van der Waals surface area contributed by atoms with Crippen molar-refractivity contribution in [3.8, 4) is 0 Å². The lowest BCUT2D eigenvalue weighted by atomic mass is 9.97. The Morgan fingerprint density at radius 3 is 2.45 bits per heavy atom. The van der Waals surface area contributed by atoms with Gasteiger partial charge in [-0.1, -0.05) is 23.4 Å². The van der Waals surface area contributed by atoms with Crippen molar-refractivity contribution >= 4 is 21.6 Å². The zero-order valence-corrected chi connectivity index (χ0v) is 19.0. The number of rotatable bonds is 6. The van der Waals surface area contributed by atoms with E-state index in [2.05, 4.69) is 27.5 Å². The number of piperidine rings is 1. The summed E-state index contributed by atoms with van der Waals surface area (Å²) in [5.74, 6) is 0.106. The first-order chi connectivity index (χ1) is 14.9. The lowest BCUT2D eigenvalue weighted by Crippen LogP contribution is -2.43. The third-order valence-electron chi connectivity index (χ3n) is 6.28. The average Bonchev–Trinajstić information content (AvgIpc) is 3.42. The quantitative estimate of drug-likeness (QED) is 0.733. The maximum absolute atomic E-state index is 13.0. The third kappa shape index (κ3) is 4.48. The molecular weight excluding hydrogens is 416 g/mol. The van der Waals surface area contributed by atoms with Crippen LogP contribution in [-0.4, -0.2) is 50.0 Å². The predicted octanol–water partition coefficient (Wildman–Crippen LogP) is 2.61. The second-order valence-corrected chi connectivity index (χ2v) is 10.2. The van der Waals surface area contributed by atoms with Gasteiger partial charge in [0.2, 0.25) is 15.9 Å². The number of hydrogen-bond donors (Lipinski definition) is 1. The molecule has 2 fully saturated rings. The number of aromatic nitrogens is 1. The van der Waals surface area contributed by atoms with E-state index in [1.165, 1.54) is 22.8 Å². The smallest absolute Gasteiger partial charge is 0.248 e. The van der Waals surface area contributed by atoms with Crippen LogP contribution in [0.5, 0.6) is 0 Å². The van der Waals surface area contributed by atoms with Crippen molar-refractivity contribution in [2.75, 3.05) is 31.1 Å². The van der Waals surface area contributed by atoms with Crippen LogP contribution in [0.15, 0.2) is 33.7 Å². The summed E-state index contributed by atoms with van der Waals surface area (Å²) in [5.41, 5.74) is 2.69. The third-order valence-corrected chi connectivity index (χ3v) is 8.43. The second kappa shape index (κ2) is 9.00. The fraction of sp³-hybridized carbons (Fsp3) is 0.545. The summed E-state index contributed by atoms with van der Waals surface area (Å²) in [6.07, 6.45) is 3.41. The van der Waals surface area contributed by atoms with Gasteiger partial charge in [0.1, 0.15) is 10.6 Å². The molecule has 2 aliphatic heterocycles. The molecule has 2 aromatic rings. The van der Waals surface area contributed by atoms with Gasteiger partial charge in [0.15, 0.2) is 5.76 Å². The van der Waals surface area contributed by atoms with Crippen LogP contribution < -0.4 is 10.2 Å². The van der Waals surface area contributed by atoms with E-state index >= 15 is 0 Å². The van der Waals surface area contributed by atoms with Gasteiger partial charge < -0.3 is 14.7 Å². The minimum Gasteiger partial charge on any atom is -0.371 e. The first-order valence-corrected chi connectivity index (χ1v) is 12.4. The van der Waals surface area contributed by atoms with Crippen LogP contribution in [-0.2, 0) is 21.4 Å². The molecule has 31 heavy (non-hydrogen) atoms. The van der Waals surface area contributed by atoms with Gasteiger partial charge in [0.05, 0.1) is 0 Å². The molecule has 0 atom stereocenters. The minimum atomic E-state index is -3.66. The summed E-state index contributed by atoms with van der Waals surface area (Å²) < 4.78 is 32.4. The number of anilines is 1. The molecule has 0 bridgehead atoms. The molecule has 0 aliphatic carbocycles. The number of carbonyl (C=O) groups is 1. The van der Waals surface area contributed by atoms with Gasteiger partial charge in [0.25, 0.3) is 0 Å². The van der Waals surface area contributed by atoms with Gasteiger partial charge in [-0.3, -0.25) is 4.79 Å². The van der Waals surface area contributed by atoms with Gasteiger partial charge in [0, 0.05) is 44.3 Å². The summed E-state index contributed by atoms with van der Waals surface area (Å²) in [6.45, 7) is 6.47. The molecule has 1 aromatic heterocycles. The maximum Gasteiger partial charge on any atom is 0.248 e. The predicted molar refractivity (Wildman–Crippen MR) is 117 cm³/mol. The van der Waals surface area contributed by atoms with E-state index in [9.17, 15) is 13.2 Å². The van der Waals surface area contributed by atoms with E-state index < -0.39 is 10.0 Å².